The van der Waals surface area contributed by atoms with Gasteiger partial charge in [0, 0.05) is 17.0 Å². The van der Waals surface area contributed by atoms with Crippen LogP contribution < -0.4 is 0 Å². The first-order chi connectivity index (χ1) is 16.0. The van der Waals surface area contributed by atoms with Crippen LogP contribution in [-0.4, -0.2) is 35.0 Å². The Morgan fingerprint density at radius 1 is 1.12 bits per heavy atom. The van der Waals surface area contributed by atoms with Crippen molar-refractivity contribution in [1.82, 2.24) is 9.78 Å². The van der Waals surface area contributed by atoms with Crippen molar-refractivity contribution >= 4 is 53.1 Å². The Morgan fingerprint density at radius 3 is 2.47 bits per heavy atom. The van der Waals surface area contributed by atoms with Gasteiger partial charge in [-0.15, -0.1) is 0 Å². The van der Waals surface area contributed by atoms with Crippen LogP contribution in [0.2, 0.25) is 10.0 Å². The summed E-state index contributed by atoms with van der Waals surface area (Å²) < 4.78 is 46.6. The molecule has 2 aromatic carbocycles. The highest BCUT2D eigenvalue weighted by atomic mass is 35.5. The molecule has 3 rings (SSSR count). The number of halogens is 5. The second kappa shape index (κ2) is 10.5. The van der Waals surface area contributed by atoms with E-state index in [1.54, 1.807) is 18.2 Å². The van der Waals surface area contributed by atoms with E-state index in [1.165, 1.54) is 38.4 Å². The molecule has 0 saturated heterocycles. The van der Waals surface area contributed by atoms with Crippen LogP contribution in [0, 0.1) is 0 Å². The standard InChI is InChI=1S/C21H14Cl2F3N3O4S/c1-29-18(34-16-6-4-3-5-13(16)19(30)32-2)14(17(28-29)21(24,25)26)10-27-33-20(31)12-8-7-11(22)9-15(12)23/h3-10H,1-2H3/b27-10-. The number of carbonyl (C=O) groups excluding carboxylic acids is 2. The molecule has 0 aliphatic carbocycles. The van der Waals surface area contributed by atoms with Gasteiger partial charge in [-0.2, -0.15) is 18.3 Å². The van der Waals surface area contributed by atoms with E-state index in [1.807, 2.05) is 0 Å². The minimum atomic E-state index is -4.83. The van der Waals surface area contributed by atoms with Crippen molar-refractivity contribution in [2.24, 2.45) is 12.2 Å². The van der Waals surface area contributed by atoms with Crippen molar-refractivity contribution in [3.8, 4) is 0 Å². The van der Waals surface area contributed by atoms with Crippen LogP contribution in [0.4, 0.5) is 13.2 Å². The van der Waals surface area contributed by atoms with Gasteiger partial charge in [-0.1, -0.05) is 52.3 Å². The molecule has 0 unspecified atom stereocenters. The fraction of sp³-hybridized carbons (Fsp3) is 0.143. The van der Waals surface area contributed by atoms with Crippen molar-refractivity contribution in [3.63, 3.8) is 0 Å². The van der Waals surface area contributed by atoms with E-state index >= 15 is 0 Å². The maximum atomic E-state index is 13.6. The second-order valence-corrected chi connectivity index (χ2v) is 8.39. The molecule has 1 heterocycles. The van der Waals surface area contributed by atoms with Gasteiger partial charge >= 0.3 is 18.1 Å². The Kier molecular flexibility index (Phi) is 7.90. The van der Waals surface area contributed by atoms with E-state index in [4.69, 9.17) is 32.8 Å². The molecule has 178 valence electrons. The average molecular weight is 532 g/mol. The summed E-state index contributed by atoms with van der Waals surface area (Å²) in [5.74, 6) is -1.66. The maximum Gasteiger partial charge on any atom is 0.435 e. The van der Waals surface area contributed by atoms with Crippen LogP contribution in [0.3, 0.4) is 0 Å². The van der Waals surface area contributed by atoms with Crippen molar-refractivity contribution in [2.45, 2.75) is 16.1 Å². The summed E-state index contributed by atoms with van der Waals surface area (Å²) in [4.78, 5) is 29.3. The molecule has 0 amide bonds. The van der Waals surface area contributed by atoms with Gasteiger partial charge in [0.2, 0.25) is 0 Å². The van der Waals surface area contributed by atoms with E-state index in [-0.39, 0.29) is 26.2 Å². The van der Waals surface area contributed by atoms with Crippen molar-refractivity contribution in [3.05, 3.63) is 74.9 Å². The maximum absolute atomic E-state index is 13.6. The average Bonchev–Trinajstić information content (AvgIpc) is 3.09. The normalized spacial score (nSPS) is 11.6. The number of rotatable bonds is 6. The van der Waals surface area contributed by atoms with Gasteiger partial charge in [0.25, 0.3) is 0 Å². The minimum Gasteiger partial charge on any atom is -0.465 e. The Balaban J connectivity index is 1.97. The predicted octanol–water partition coefficient (Wildman–Crippen LogP) is 5.87. The molecule has 34 heavy (non-hydrogen) atoms. The number of oxime groups is 1. The van der Waals surface area contributed by atoms with Crippen LogP contribution in [0.15, 0.2) is 57.5 Å². The predicted molar refractivity (Wildman–Crippen MR) is 120 cm³/mol. The summed E-state index contributed by atoms with van der Waals surface area (Å²) in [5.41, 5.74) is -1.64. The lowest BCUT2D eigenvalue weighted by Crippen LogP contribution is -2.09. The summed E-state index contributed by atoms with van der Waals surface area (Å²) in [6.45, 7) is 0. The monoisotopic (exact) mass is 531 g/mol. The molecule has 0 saturated carbocycles. The number of ether oxygens (including phenoxy) is 1. The summed E-state index contributed by atoms with van der Waals surface area (Å²) >= 11 is 12.6. The molecule has 0 fully saturated rings. The number of aromatic nitrogens is 2. The fourth-order valence-corrected chi connectivity index (χ4v) is 4.28. The molecule has 3 aromatic rings. The lowest BCUT2D eigenvalue weighted by atomic mass is 10.2. The quantitative estimate of drug-likeness (QED) is 0.171. The summed E-state index contributed by atoms with van der Waals surface area (Å²) in [7, 11) is 2.49. The Bertz CT molecular complexity index is 1280. The van der Waals surface area contributed by atoms with E-state index < -0.39 is 29.4 Å². The number of aryl methyl sites for hydroxylation is 1. The molecule has 13 heteroatoms. The van der Waals surface area contributed by atoms with Crippen LogP contribution >= 0.6 is 35.0 Å². The SMILES string of the molecule is COC(=O)c1ccccc1Sc1c(/C=N\OC(=O)c2ccc(Cl)cc2Cl)c(C(F)(F)F)nn1C. The second-order valence-electron chi connectivity index (χ2n) is 6.52. The number of alkyl halides is 3. The zero-order valence-electron chi connectivity index (χ0n) is 17.4. The number of hydrogen-bond donors (Lipinski definition) is 0. The van der Waals surface area contributed by atoms with Crippen LogP contribution in [0.25, 0.3) is 0 Å². The van der Waals surface area contributed by atoms with Crippen molar-refractivity contribution in [1.29, 1.82) is 0 Å². The van der Waals surface area contributed by atoms with E-state index in [0.29, 0.717) is 4.90 Å². The van der Waals surface area contributed by atoms with Gasteiger partial charge in [-0.25, -0.2) is 9.59 Å². The molecular formula is C21H14Cl2F3N3O4S. The smallest absolute Gasteiger partial charge is 0.435 e. The lowest BCUT2D eigenvalue weighted by molar-refractivity contribution is -0.141. The highest BCUT2D eigenvalue weighted by Crippen LogP contribution is 2.38. The Labute approximate surface area is 205 Å². The summed E-state index contributed by atoms with van der Waals surface area (Å²) in [6.07, 6.45) is -4.11. The summed E-state index contributed by atoms with van der Waals surface area (Å²) in [6, 6.07) is 10.2. The number of hydrogen-bond acceptors (Lipinski definition) is 7. The highest BCUT2D eigenvalue weighted by Gasteiger charge is 2.39. The van der Waals surface area contributed by atoms with Gasteiger partial charge in [0.1, 0.15) is 5.03 Å². The van der Waals surface area contributed by atoms with Gasteiger partial charge < -0.3 is 9.57 Å². The molecular weight excluding hydrogens is 518 g/mol. The van der Waals surface area contributed by atoms with Crippen molar-refractivity contribution in [2.75, 3.05) is 7.11 Å². The highest BCUT2D eigenvalue weighted by molar-refractivity contribution is 7.99. The first-order valence-corrected chi connectivity index (χ1v) is 10.8. The third-order valence-electron chi connectivity index (χ3n) is 4.27. The molecule has 0 aliphatic rings. The number of benzene rings is 2. The molecule has 0 atom stereocenters. The number of carbonyl (C=O) groups is 2. The first kappa shape index (κ1) is 25.6. The van der Waals surface area contributed by atoms with Gasteiger partial charge in [0.05, 0.1) is 35.0 Å². The lowest BCUT2D eigenvalue weighted by Gasteiger charge is -2.08. The van der Waals surface area contributed by atoms with Gasteiger partial charge in [-0.3, -0.25) is 4.68 Å². The molecule has 0 N–H and O–H groups in total. The van der Waals surface area contributed by atoms with E-state index in [9.17, 15) is 22.8 Å². The number of esters is 1. The fourth-order valence-electron chi connectivity index (χ4n) is 2.74. The van der Waals surface area contributed by atoms with Crippen molar-refractivity contribution < 1.29 is 32.3 Å². The molecule has 0 radical (unpaired) electrons. The van der Waals surface area contributed by atoms with E-state index in [0.717, 1.165) is 22.7 Å². The largest absolute Gasteiger partial charge is 0.465 e. The van der Waals surface area contributed by atoms with Crippen LogP contribution in [-0.2, 0) is 22.8 Å². The number of methoxy groups -OCH3 is 1. The molecule has 0 aliphatic heterocycles. The molecule has 0 bridgehead atoms. The topological polar surface area (TPSA) is 82.8 Å². The third-order valence-corrected chi connectivity index (χ3v) is 6.07. The Morgan fingerprint density at radius 2 is 1.82 bits per heavy atom. The third kappa shape index (κ3) is 5.72. The number of nitrogens with zero attached hydrogens (tertiary/aromatic N) is 3. The van der Waals surface area contributed by atoms with Gasteiger partial charge in [0.15, 0.2) is 5.69 Å². The van der Waals surface area contributed by atoms with Crippen LogP contribution in [0.1, 0.15) is 32.0 Å². The molecule has 0 spiro atoms. The van der Waals surface area contributed by atoms with Gasteiger partial charge in [-0.05, 0) is 30.3 Å². The van der Waals surface area contributed by atoms with E-state index in [2.05, 4.69) is 10.3 Å². The zero-order valence-corrected chi connectivity index (χ0v) is 19.7. The first-order valence-electron chi connectivity index (χ1n) is 9.22. The zero-order chi connectivity index (χ0) is 25.0. The minimum absolute atomic E-state index is 0.00648. The van der Waals surface area contributed by atoms with Crippen LogP contribution in [0.5, 0.6) is 0 Å². The molecule has 1 aromatic heterocycles. The Hall–Kier alpha value is -3.02. The molecule has 7 nitrogen and oxygen atoms in total. The summed E-state index contributed by atoms with van der Waals surface area (Å²) in [5, 5.41) is 7.22.